The molecule has 19 heavy (non-hydrogen) atoms. The second-order valence-corrected chi connectivity index (χ2v) is 5.62. The number of carbonyl (C=O) groups excluding carboxylic acids is 1. The maximum atomic E-state index is 13.8. The van der Waals surface area contributed by atoms with Crippen LogP contribution in [-0.4, -0.2) is 21.3 Å². The molecule has 1 aliphatic heterocycles. The molecule has 0 aliphatic carbocycles. The summed E-state index contributed by atoms with van der Waals surface area (Å²) in [6.07, 6.45) is 2.02. The summed E-state index contributed by atoms with van der Waals surface area (Å²) in [5.74, 6) is -3.16. The topological polar surface area (TPSA) is 20.3 Å². The van der Waals surface area contributed by atoms with Crippen LogP contribution in [0.25, 0.3) is 5.70 Å². The molecule has 0 bridgehead atoms. The average molecular weight is 381 g/mol. The number of nitrogens with zero attached hydrogens (tertiary/aromatic N) is 1. The fraction of sp³-hybridized carbons (Fsp3) is 0.308. The van der Waals surface area contributed by atoms with Crippen molar-refractivity contribution in [3.8, 4) is 0 Å². The van der Waals surface area contributed by atoms with E-state index in [1.165, 1.54) is 4.90 Å². The van der Waals surface area contributed by atoms with Crippen LogP contribution >= 0.6 is 22.6 Å². The Morgan fingerprint density at radius 3 is 2.42 bits per heavy atom. The molecule has 1 aromatic rings. The van der Waals surface area contributed by atoms with Gasteiger partial charge in [0.2, 0.25) is 5.91 Å². The highest BCUT2D eigenvalue weighted by molar-refractivity contribution is 14.1. The van der Waals surface area contributed by atoms with Gasteiger partial charge in [0.1, 0.15) is 17.5 Å². The maximum Gasteiger partial charge on any atom is 0.240 e. The lowest BCUT2D eigenvalue weighted by Gasteiger charge is -2.30. The van der Waals surface area contributed by atoms with E-state index in [4.69, 9.17) is 0 Å². The van der Waals surface area contributed by atoms with E-state index in [0.717, 1.165) is 0 Å². The number of halogens is 4. The van der Waals surface area contributed by atoms with Gasteiger partial charge in [0.15, 0.2) is 0 Å². The van der Waals surface area contributed by atoms with Gasteiger partial charge >= 0.3 is 0 Å². The summed E-state index contributed by atoms with van der Waals surface area (Å²) in [6, 6.07) is 1.24. The molecule has 0 fully saturated rings. The summed E-state index contributed by atoms with van der Waals surface area (Å²) in [7, 11) is 0. The number of hydrogen-bond donors (Lipinski definition) is 0. The number of rotatable bonds is 2. The highest BCUT2D eigenvalue weighted by Crippen LogP contribution is 2.32. The molecule has 1 atom stereocenters. The number of alkyl halides is 1. The third-order valence-corrected chi connectivity index (χ3v) is 3.96. The molecule has 1 amide bonds. The molecule has 102 valence electrons. The minimum Gasteiger partial charge on any atom is -0.311 e. The molecule has 2 nitrogen and oxygen atoms in total. The normalized spacial score (nSPS) is 19.6. The van der Waals surface area contributed by atoms with Crippen LogP contribution in [0.1, 0.15) is 18.9 Å². The minimum atomic E-state index is -0.998. The van der Waals surface area contributed by atoms with Crippen molar-refractivity contribution < 1.29 is 18.0 Å². The van der Waals surface area contributed by atoms with Crippen molar-refractivity contribution in [1.29, 1.82) is 0 Å². The Hall–Kier alpha value is -1.05. The van der Waals surface area contributed by atoms with E-state index >= 15 is 0 Å². The molecule has 0 aromatic heterocycles. The van der Waals surface area contributed by atoms with E-state index in [2.05, 4.69) is 0 Å². The van der Waals surface area contributed by atoms with Gasteiger partial charge in [-0.15, -0.1) is 0 Å². The van der Waals surface area contributed by atoms with E-state index in [0.29, 0.717) is 25.1 Å². The number of carbonyl (C=O) groups is 1. The first-order valence-electron chi connectivity index (χ1n) is 5.76. The Bertz CT molecular complexity index is 536. The van der Waals surface area contributed by atoms with Crippen molar-refractivity contribution in [2.45, 2.75) is 17.3 Å². The van der Waals surface area contributed by atoms with Gasteiger partial charge in [0, 0.05) is 18.7 Å². The molecule has 0 saturated heterocycles. The second kappa shape index (κ2) is 5.52. The molecule has 1 aliphatic rings. The lowest BCUT2D eigenvalue weighted by molar-refractivity contribution is -0.127. The van der Waals surface area contributed by atoms with Crippen LogP contribution in [0.4, 0.5) is 13.2 Å². The van der Waals surface area contributed by atoms with Crippen molar-refractivity contribution >= 4 is 34.2 Å². The summed E-state index contributed by atoms with van der Waals surface area (Å²) < 4.78 is 40.2. The predicted octanol–water partition coefficient (Wildman–Crippen LogP) is 3.50. The molecular formula is C13H11F3INO. The van der Waals surface area contributed by atoms with Gasteiger partial charge < -0.3 is 4.90 Å². The third kappa shape index (κ3) is 2.63. The van der Waals surface area contributed by atoms with Gasteiger partial charge in [-0.05, 0) is 13.3 Å². The van der Waals surface area contributed by atoms with Crippen LogP contribution in [0.15, 0.2) is 18.2 Å². The first-order valence-corrected chi connectivity index (χ1v) is 7.00. The van der Waals surface area contributed by atoms with E-state index in [1.807, 2.05) is 22.6 Å². The number of allylic oxidation sites excluding steroid dienone is 1. The van der Waals surface area contributed by atoms with Gasteiger partial charge in [0.05, 0.1) is 15.2 Å². The van der Waals surface area contributed by atoms with Crippen molar-refractivity contribution in [3.63, 3.8) is 0 Å². The Labute approximate surface area is 122 Å². The summed E-state index contributed by atoms with van der Waals surface area (Å²) in [5.41, 5.74) is -0.171. The Morgan fingerprint density at radius 2 is 1.89 bits per heavy atom. The van der Waals surface area contributed by atoms with Crippen molar-refractivity contribution in [2.24, 2.45) is 0 Å². The number of amides is 1. The third-order valence-electron chi connectivity index (χ3n) is 2.92. The summed E-state index contributed by atoms with van der Waals surface area (Å²) >= 11 is 1.99. The standard InChI is InChI=1S/C13H11F3INO/c1-2-18-11(4-3-10(17)13(18)19)12-8(15)5-7(14)6-9(12)16/h4-6,10H,2-3H2,1H3. The Kier molecular flexibility index (Phi) is 4.17. The molecule has 0 N–H and O–H groups in total. The van der Waals surface area contributed by atoms with Gasteiger partial charge in [-0.2, -0.15) is 0 Å². The molecule has 1 heterocycles. The molecule has 1 unspecified atom stereocenters. The molecule has 0 radical (unpaired) electrons. The smallest absolute Gasteiger partial charge is 0.240 e. The lowest BCUT2D eigenvalue weighted by atomic mass is 10.0. The van der Waals surface area contributed by atoms with Crippen molar-refractivity contribution in [1.82, 2.24) is 4.90 Å². The fourth-order valence-corrected chi connectivity index (χ4v) is 2.65. The van der Waals surface area contributed by atoms with E-state index in [-0.39, 0.29) is 21.1 Å². The number of hydrogen-bond acceptors (Lipinski definition) is 1. The molecule has 6 heteroatoms. The lowest BCUT2D eigenvalue weighted by Crippen LogP contribution is -2.38. The van der Waals surface area contributed by atoms with Gasteiger partial charge in [-0.25, -0.2) is 13.2 Å². The zero-order chi connectivity index (χ0) is 14.2. The van der Waals surface area contributed by atoms with Crippen LogP contribution in [0.2, 0.25) is 0 Å². The molecule has 0 spiro atoms. The van der Waals surface area contributed by atoms with E-state index < -0.39 is 17.5 Å². The van der Waals surface area contributed by atoms with Crippen LogP contribution in [-0.2, 0) is 4.79 Å². The highest BCUT2D eigenvalue weighted by atomic mass is 127. The van der Waals surface area contributed by atoms with Crippen LogP contribution in [0.5, 0.6) is 0 Å². The average Bonchev–Trinajstić information content (AvgIpc) is 2.32. The largest absolute Gasteiger partial charge is 0.311 e. The van der Waals surface area contributed by atoms with Gasteiger partial charge in [-0.3, -0.25) is 4.79 Å². The molecule has 2 rings (SSSR count). The maximum absolute atomic E-state index is 13.8. The summed E-state index contributed by atoms with van der Waals surface area (Å²) in [5, 5.41) is 0. The Balaban J connectivity index is 2.55. The van der Waals surface area contributed by atoms with Crippen LogP contribution in [0, 0.1) is 17.5 Å². The van der Waals surface area contributed by atoms with Crippen LogP contribution in [0.3, 0.4) is 0 Å². The van der Waals surface area contributed by atoms with Crippen molar-refractivity contribution in [3.05, 3.63) is 41.2 Å². The molecule has 1 aromatic carbocycles. The number of benzene rings is 1. The van der Waals surface area contributed by atoms with E-state index in [9.17, 15) is 18.0 Å². The first-order chi connectivity index (χ1) is 8.95. The first kappa shape index (κ1) is 14.4. The highest BCUT2D eigenvalue weighted by Gasteiger charge is 2.31. The molecule has 0 saturated carbocycles. The van der Waals surface area contributed by atoms with Gasteiger partial charge in [-0.1, -0.05) is 28.7 Å². The predicted molar refractivity (Wildman–Crippen MR) is 74.1 cm³/mol. The summed E-state index contributed by atoms with van der Waals surface area (Å²) in [6.45, 7) is 2.03. The second-order valence-electron chi connectivity index (χ2n) is 4.12. The zero-order valence-corrected chi connectivity index (χ0v) is 12.2. The van der Waals surface area contributed by atoms with Crippen molar-refractivity contribution in [2.75, 3.05) is 6.54 Å². The zero-order valence-electron chi connectivity index (χ0n) is 10.1. The quantitative estimate of drug-likeness (QED) is 0.568. The van der Waals surface area contributed by atoms with Crippen LogP contribution < -0.4 is 0 Å². The monoisotopic (exact) mass is 381 g/mol. The Morgan fingerprint density at radius 1 is 1.32 bits per heavy atom. The van der Waals surface area contributed by atoms with Gasteiger partial charge in [0.25, 0.3) is 0 Å². The molecular weight excluding hydrogens is 370 g/mol. The minimum absolute atomic E-state index is 0.176. The summed E-state index contributed by atoms with van der Waals surface area (Å²) in [4.78, 5) is 13.3. The SMILES string of the molecule is CCN1C(=O)C(I)CC=C1c1c(F)cc(F)cc1F. The fourth-order valence-electron chi connectivity index (χ4n) is 2.06. The van der Waals surface area contributed by atoms with E-state index in [1.54, 1.807) is 13.0 Å².